The lowest BCUT2D eigenvalue weighted by Crippen LogP contribution is -2.34. The van der Waals surface area contributed by atoms with Crippen LogP contribution in [0.15, 0.2) is 11.4 Å². The fraction of sp³-hybridized carbons (Fsp3) is 0.538. The number of hydrogen-bond acceptors (Lipinski definition) is 10. The van der Waals surface area contributed by atoms with Crippen LogP contribution in [0.2, 0.25) is 0 Å². The van der Waals surface area contributed by atoms with E-state index in [1.807, 2.05) is 0 Å². The number of guanidine groups is 1. The second-order valence-electron chi connectivity index (χ2n) is 5.69. The normalized spacial score (nSPS) is 25.5. The van der Waals surface area contributed by atoms with E-state index in [9.17, 15) is 15.3 Å². The van der Waals surface area contributed by atoms with Gasteiger partial charge in [-0.2, -0.15) is 4.98 Å². The summed E-state index contributed by atoms with van der Waals surface area (Å²) in [7, 11) is 0. The predicted octanol–water partition coefficient (Wildman–Crippen LogP) is -2.38. The van der Waals surface area contributed by atoms with Crippen molar-refractivity contribution in [2.24, 2.45) is 5.73 Å². The zero-order valence-corrected chi connectivity index (χ0v) is 14.5. The van der Waals surface area contributed by atoms with E-state index >= 15 is 0 Å². The van der Waals surface area contributed by atoms with Gasteiger partial charge in [-0.1, -0.05) is 0 Å². The van der Waals surface area contributed by atoms with E-state index in [-0.39, 0.29) is 11.9 Å². The van der Waals surface area contributed by atoms with E-state index in [1.54, 1.807) is 0 Å². The smallest absolute Gasteiger partial charge is 0.225 e. The van der Waals surface area contributed by atoms with Crippen molar-refractivity contribution in [3.63, 3.8) is 0 Å². The maximum Gasteiger partial charge on any atom is 0.225 e. The van der Waals surface area contributed by atoms with Gasteiger partial charge >= 0.3 is 0 Å². The number of aliphatic hydroxyl groups is 3. The Morgan fingerprint density at radius 2 is 2.12 bits per heavy atom. The molecule has 13 heteroatoms. The first-order valence-electron chi connectivity index (χ1n) is 7.80. The van der Waals surface area contributed by atoms with Gasteiger partial charge in [0.25, 0.3) is 0 Å². The van der Waals surface area contributed by atoms with Gasteiger partial charge in [0.1, 0.15) is 28.9 Å². The Kier molecular flexibility index (Phi) is 5.43. The minimum absolute atomic E-state index is 0.138. The van der Waals surface area contributed by atoms with Gasteiger partial charge in [0.2, 0.25) is 5.95 Å². The lowest BCUT2D eigenvalue weighted by atomic mass is 10.1. The monoisotopic (exact) mass is 384 g/mol. The maximum absolute atomic E-state index is 10.2. The third-order valence-electron chi connectivity index (χ3n) is 3.92. The molecule has 1 saturated heterocycles. The second kappa shape index (κ2) is 7.59. The fourth-order valence-corrected chi connectivity index (χ4v) is 2.90. The number of aliphatic hydroxyl groups excluding tert-OH is 3. The van der Waals surface area contributed by atoms with Gasteiger partial charge in [-0.15, -0.1) is 12.6 Å². The van der Waals surface area contributed by atoms with E-state index in [0.29, 0.717) is 29.3 Å². The Labute approximate surface area is 153 Å². The highest BCUT2D eigenvalue weighted by Crippen LogP contribution is 2.32. The van der Waals surface area contributed by atoms with E-state index in [1.165, 1.54) is 10.9 Å². The number of ether oxygens (including phenoxy) is 1. The number of fused-ring (bicyclic) bond motifs is 1. The van der Waals surface area contributed by atoms with Gasteiger partial charge in [-0.3, -0.25) is 9.98 Å². The highest BCUT2D eigenvalue weighted by atomic mass is 32.1. The molecule has 3 rings (SSSR count). The molecule has 0 saturated carbocycles. The van der Waals surface area contributed by atoms with Crippen LogP contribution in [0.1, 0.15) is 6.23 Å². The topological polar surface area (TPSA) is 187 Å². The second-order valence-corrected chi connectivity index (χ2v) is 6.11. The first kappa shape index (κ1) is 18.6. The maximum atomic E-state index is 10.2. The first-order valence-corrected chi connectivity index (χ1v) is 8.25. The van der Waals surface area contributed by atoms with E-state index in [0.717, 1.165) is 0 Å². The SMILES string of the molecule is N=C(N)NCCNc1nc(S)c2ncn([C@@H]3O[C@H](CO)C(O)C3O)c2n1. The summed E-state index contributed by atoms with van der Waals surface area (Å²) >= 11 is 4.30. The van der Waals surface area contributed by atoms with Crippen molar-refractivity contribution in [3.8, 4) is 0 Å². The van der Waals surface area contributed by atoms with Gasteiger partial charge in [0, 0.05) is 13.1 Å². The average molecular weight is 384 g/mol. The molecule has 2 aromatic heterocycles. The van der Waals surface area contributed by atoms with E-state index < -0.39 is 31.1 Å². The predicted molar refractivity (Wildman–Crippen MR) is 94.0 cm³/mol. The molecule has 2 unspecified atom stereocenters. The molecule has 0 amide bonds. The summed E-state index contributed by atoms with van der Waals surface area (Å²) < 4.78 is 6.97. The minimum Gasteiger partial charge on any atom is -0.394 e. The van der Waals surface area contributed by atoms with Gasteiger partial charge in [0.05, 0.1) is 12.9 Å². The van der Waals surface area contributed by atoms with Crippen molar-refractivity contribution < 1.29 is 20.1 Å². The molecule has 2 aromatic rings. The molecule has 0 aromatic carbocycles. The summed E-state index contributed by atoms with van der Waals surface area (Å²) in [6, 6.07) is 0. The van der Waals surface area contributed by atoms with Gasteiger partial charge < -0.3 is 36.4 Å². The molecule has 1 aliphatic rings. The summed E-state index contributed by atoms with van der Waals surface area (Å²) in [5.74, 6) is 0.127. The molecule has 4 atom stereocenters. The van der Waals surface area contributed by atoms with Crippen molar-refractivity contribution in [3.05, 3.63) is 6.33 Å². The Balaban J connectivity index is 1.85. The molecular formula is C13H20N8O4S. The lowest BCUT2D eigenvalue weighted by Gasteiger charge is -2.16. The summed E-state index contributed by atoms with van der Waals surface area (Å²) in [5, 5.41) is 42.4. The molecule has 0 aliphatic carbocycles. The molecule has 1 fully saturated rings. The Morgan fingerprint density at radius 1 is 1.35 bits per heavy atom. The molecule has 8 N–H and O–H groups in total. The molecule has 3 heterocycles. The quantitative estimate of drug-likeness (QED) is 0.0878. The number of nitrogens with one attached hydrogen (secondary N) is 3. The molecule has 142 valence electrons. The average Bonchev–Trinajstić information content (AvgIpc) is 3.14. The first-order chi connectivity index (χ1) is 12.4. The van der Waals surface area contributed by atoms with Crippen LogP contribution in [0.4, 0.5) is 5.95 Å². The molecule has 12 nitrogen and oxygen atoms in total. The third kappa shape index (κ3) is 3.52. The van der Waals surface area contributed by atoms with Crippen molar-refractivity contribution in [1.29, 1.82) is 5.41 Å². The number of aromatic nitrogens is 4. The van der Waals surface area contributed by atoms with Crippen molar-refractivity contribution >= 4 is 35.7 Å². The lowest BCUT2D eigenvalue weighted by molar-refractivity contribution is -0.0511. The zero-order chi connectivity index (χ0) is 18.8. The number of nitrogens with zero attached hydrogens (tertiary/aromatic N) is 4. The molecule has 1 aliphatic heterocycles. The van der Waals surface area contributed by atoms with Gasteiger partial charge in [-0.25, -0.2) is 9.97 Å². The molecule has 0 bridgehead atoms. The summed E-state index contributed by atoms with van der Waals surface area (Å²) in [4.78, 5) is 12.7. The van der Waals surface area contributed by atoms with E-state index in [2.05, 4.69) is 38.2 Å². The fourth-order valence-electron chi connectivity index (χ4n) is 2.65. The van der Waals surface area contributed by atoms with E-state index in [4.69, 9.17) is 15.9 Å². The van der Waals surface area contributed by atoms with Crippen LogP contribution in [0, 0.1) is 5.41 Å². The number of rotatable bonds is 6. The zero-order valence-electron chi connectivity index (χ0n) is 13.6. The summed E-state index contributed by atoms with van der Waals surface area (Å²) in [6.45, 7) is 0.372. The van der Waals surface area contributed by atoms with Crippen LogP contribution >= 0.6 is 12.6 Å². The number of nitrogens with two attached hydrogens (primary N) is 1. The Hall–Kier alpha value is -2.19. The van der Waals surface area contributed by atoms with Gasteiger partial charge in [-0.05, 0) is 0 Å². The molecule has 26 heavy (non-hydrogen) atoms. The van der Waals surface area contributed by atoms with Crippen LogP contribution < -0.4 is 16.4 Å². The molecular weight excluding hydrogens is 364 g/mol. The highest BCUT2D eigenvalue weighted by Gasteiger charge is 2.44. The number of thiol groups is 1. The summed E-state index contributed by atoms with van der Waals surface area (Å²) in [6.07, 6.45) is -2.93. The standard InChI is InChI=1S/C13H20N8O4S/c14-12(15)16-1-2-17-13-19-9-6(10(26)20-13)18-4-21(9)11-8(24)7(23)5(3-22)25-11/h4-5,7-8,11,22-24H,1-3H2,(H4,14,15,16)(H2,17,19,20,26)/t5-,7?,8?,11-/m1/s1. The van der Waals surface area contributed by atoms with Crippen LogP contribution in [-0.4, -0.2) is 78.8 Å². The van der Waals surface area contributed by atoms with Crippen LogP contribution in [0.25, 0.3) is 11.2 Å². The number of hydrogen-bond donors (Lipinski definition) is 8. The number of imidazole rings is 1. The van der Waals surface area contributed by atoms with Gasteiger partial charge in [0.15, 0.2) is 17.8 Å². The minimum atomic E-state index is -1.25. The van der Waals surface area contributed by atoms with Crippen molar-refractivity contribution in [2.45, 2.75) is 29.6 Å². The van der Waals surface area contributed by atoms with Crippen LogP contribution in [0.5, 0.6) is 0 Å². The Bertz CT molecular complexity index is 802. The van der Waals surface area contributed by atoms with Crippen molar-refractivity contribution in [1.82, 2.24) is 24.8 Å². The summed E-state index contributed by atoms with van der Waals surface area (Å²) in [5.41, 5.74) is 5.96. The number of anilines is 1. The van der Waals surface area contributed by atoms with Crippen LogP contribution in [-0.2, 0) is 4.74 Å². The third-order valence-corrected chi connectivity index (χ3v) is 4.23. The molecule has 0 radical (unpaired) electrons. The Morgan fingerprint density at radius 3 is 2.77 bits per heavy atom. The highest BCUT2D eigenvalue weighted by molar-refractivity contribution is 7.80. The largest absolute Gasteiger partial charge is 0.394 e. The van der Waals surface area contributed by atoms with Crippen molar-refractivity contribution in [2.75, 3.05) is 25.0 Å². The van der Waals surface area contributed by atoms with Crippen LogP contribution in [0.3, 0.4) is 0 Å². The molecule has 0 spiro atoms.